The predicted molar refractivity (Wildman–Crippen MR) is 63.2 cm³/mol. The van der Waals surface area contributed by atoms with Crippen molar-refractivity contribution in [1.29, 1.82) is 0 Å². The average molecular weight is 208 g/mol. The number of hydrogen-bond donors (Lipinski definition) is 2. The quantitative estimate of drug-likeness (QED) is 0.790. The Hall–Kier alpha value is -1.06. The summed E-state index contributed by atoms with van der Waals surface area (Å²) in [5.41, 5.74) is 8.24. The number of methoxy groups -OCH3 is 1. The smallest absolute Gasteiger partial charge is 0.121 e. The van der Waals surface area contributed by atoms with Crippen LogP contribution in [-0.4, -0.2) is 20.2 Å². The lowest BCUT2D eigenvalue weighted by Gasteiger charge is -2.21. The van der Waals surface area contributed by atoms with Crippen molar-refractivity contribution in [3.8, 4) is 5.75 Å². The minimum Gasteiger partial charge on any atom is -0.496 e. The van der Waals surface area contributed by atoms with Gasteiger partial charge in [0.2, 0.25) is 0 Å². The SMILES string of the molecule is CNC(c1ccc(OC)c(C)c1)C(C)N. The van der Waals surface area contributed by atoms with Gasteiger partial charge < -0.3 is 15.8 Å². The van der Waals surface area contributed by atoms with Gasteiger partial charge in [-0.1, -0.05) is 12.1 Å². The minimum absolute atomic E-state index is 0.0859. The summed E-state index contributed by atoms with van der Waals surface area (Å²) in [4.78, 5) is 0. The van der Waals surface area contributed by atoms with Gasteiger partial charge in [-0.3, -0.25) is 0 Å². The fourth-order valence-electron chi connectivity index (χ4n) is 1.83. The number of ether oxygens (including phenoxy) is 1. The number of rotatable bonds is 4. The van der Waals surface area contributed by atoms with Crippen molar-refractivity contribution in [3.63, 3.8) is 0 Å². The molecule has 0 radical (unpaired) electrons. The monoisotopic (exact) mass is 208 g/mol. The summed E-state index contributed by atoms with van der Waals surface area (Å²) in [7, 11) is 3.61. The van der Waals surface area contributed by atoms with Gasteiger partial charge in [-0.05, 0) is 38.1 Å². The van der Waals surface area contributed by atoms with Crippen LogP contribution in [0.3, 0.4) is 0 Å². The maximum atomic E-state index is 5.91. The zero-order valence-corrected chi connectivity index (χ0v) is 9.87. The van der Waals surface area contributed by atoms with E-state index in [0.29, 0.717) is 0 Å². The molecule has 0 saturated heterocycles. The number of nitrogens with one attached hydrogen (secondary N) is 1. The second-order valence-corrected chi connectivity index (χ2v) is 3.85. The van der Waals surface area contributed by atoms with Crippen LogP contribution in [0, 0.1) is 6.92 Å². The normalized spacial score (nSPS) is 14.7. The Morgan fingerprint density at radius 3 is 2.47 bits per heavy atom. The molecule has 3 N–H and O–H groups in total. The second-order valence-electron chi connectivity index (χ2n) is 3.85. The summed E-state index contributed by atoms with van der Waals surface area (Å²) < 4.78 is 5.22. The van der Waals surface area contributed by atoms with Gasteiger partial charge in [-0.15, -0.1) is 0 Å². The standard InChI is InChI=1S/C12H20N2O/c1-8-7-10(5-6-11(8)15-4)12(14-3)9(2)13/h5-7,9,12,14H,13H2,1-4H3. The Bertz CT molecular complexity index is 323. The van der Waals surface area contributed by atoms with Gasteiger partial charge in [-0.2, -0.15) is 0 Å². The third kappa shape index (κ3) is 2.70. The Balaban J connectivity index is 3.00. The summed E-state index contributed by atoms with van der Waals surface area (Å²) in [6, 6.07) is 6.43. The molecule has 3 heteroatoms. The van der Waals surface area contributed by atoms with E-state index in [4.69, 9.17) is 10.5 Å². The third-order valence-electron chi connectivity index (χ3n) is 2.61. The average Bonchev–Trinajstić information content (AvgIpc) is 2.18. The van der Waals surface area contributed by atoms with Gasteiger partial charge in [0.1, 0.15) is 5.75 Å². The molecule has 1 rings (SSSR count). The minimum atomic E-state index is 0.0859. The molecule has 0 fully saturated rings. The molecular weight excluding hydrogens is 188 g/mol. The largest absolute Gasteiger partial charge is 0.496 e. The molecule has 3 nitrogen and oxygen atoms in total. The summed E-state index contributed by atoms with van der Waals surface area (Å²) in [5, 5.41) is 3.22. The molecule has 0 saturated carbocycles. The predicted octanol–water partition coefficient (Wildman–Crippen LogP) is 1.61. The molecule has 15 heavy (non-hydrogen) atoms. The van der Waals surface area contributed by atoms with Gasteiger partial charge in [0, 0.05) is 12.1 Å². The molecule has 0 heterocycles. The van der Waals surface area contributed by atoms with Crippen LogP contribution in [0.1, 0.15) is 24.1 Å². The van der Waals surface area contributed by atoms with Crippen molar-refractivity contribution in [2.24, 2.45) is 5.73 Å². The fourth-order valence-corrected chi connectivity index (χ4v) is 1.83. The van der Waals surface area contributed by atoms with E-state index >= 15 is 0 Å². The summed E-state index contributed by atoms with van der Waals surface area (Å²) in [5.74, 6) is 0.915. The van der Waals surface area contributed by atoms with Crippen molar-refractivity contribution < 1.29 is 4.74 Å². The Morgan fingerprint density at radius 1 is 1.40 bits per heavy atom. The zero-order chi connectivity index (χ0) is 11.4. The van der Waals surface area contributed by atoms with E-state index in [0.717, 1.165) is 11.3 Å². The van der Waals surface area contributed by atoms with Gasteiger partial charge in [0.25, 0.3) is 0 Å². The van der Waals surface area contributed by atoms with Crippen molar-refractivity contribution in [1.82, 2.24) is 5.32 Å². The van der Waals surface area contributed by atoms with Crippen molar-refractivity contribution >= 4 is 0 Å². The number of benzene rings is 1. The van der Waals surface area contributed by atoms with E-state index in [1.54, 1.807) is 7.11 Å². The maximum Gasteiger partial charge on any atom is 0.121 e. The molecule has 0 amide bonds. The molecule has 0 aliphatic heterocycles. The molecule has 84 valence electrons. The van der Waals surface area contributed by atoms with E-state index in [9.17, 15) is 0 Å². The lowest BCUT2D eigenvalue weighted by atomic mass is 9.99. The molecular formula is C12H20N2O. The molecule has 2 atom stereocenters. The van der Waals surface area contributed by atoms with E-state index in [1.807, 2.05) is 27.0 Å². The summed E-state index contributed by atoms with van der Waals surface area (Å²) >= 11 is 0. The Morgan fingerprint density at radius 2 is 2.07 bits per heavy atom. The molecule has 1 aromatic rings. The van der Waals surface area contributed by atoms with E-state index in [1.165, 1.54) is 5.56 Å². The van der Waals surface area contributed by atoms with Crippen LogP contribution < -0.4 is 15.8 Å². The number of nitrogens with two attached hydrogens (primary N) is 1. The van der Waals surface area contributed by atoms with Crippen LogP contribution in [0.25, 0.3) is 0 Å². The topological polar surface area (TPSA) is 47.3 Å². The molecule has 0 bridgehead atoms. The first-order chi connectivity index (χ1) is 7.10. The van der Waals surface area contributed by atoms with E-state index in [-0.39, 0.29) is 12.1 Å². The van der Waals surface area contributed by atoms with E-state index < -0.39 is 0 Å². The first kappa shape index (κ1) is 12.0. The Kier molecular flexibility index (Phi) is 4.12. The maximum absolute atomic E-state index is 5.91. The van der Waals surface area contributed by atoms with Gasteiger partial charge in [0.15, 0.2) is 0 Å². The number of likely N-dealkylation sites (N-methyl/N-ethyl adjacent to an activating group) is 1. The van der Waals surface area contributed by atoms with Crippen LogP contribution in [-0.2, 0) is 0 Å². The van der Waals surface area contributed by atoms with E-state index in [2.05, 4.69) is 17.4 Å². The molecule has 2 unspecified atom stereocenters. The first-order valence-corrected chi connectivity index (χ1v) is 5.17. The second kappa shape index (κ2) is 5.14. The lowest BCUT2D eigenvalue weighted by molar-refractivity contribution is 0.410. The number of hydrogen-bond acceptors (Lipinski definition) is 3. The van der Waals surface area contributed by atoms with Gasteiger partial charge in [-0.25, -0.2) is 0 Å². The zero-order valence-electron chi connectivity index (χ0n) is 9.87. The first-order valence-electron chi connectivity index (χ1n) is 5.17. The number of aryl methyl sites for hydroxylation is 1. The van der Waals surface area contributed by atoms with Crippen molar-refractivity contribution in [2.75, 3.05) is 14.2 Å². The van der Waals surface area contributed by atoms with Crippen molar-refractivity contribution in [2.45, 2.75) is 25.9 Å². The van der Waals surface area contributed by atoms with Gasteiger partial charge in [0.05, 0.1) is 7.11 Å². The molecule has 0 spiro atoms. The third-order valence-corrected chi connectivity index (χ3v) is 2.61. The highest BCUT2D eigenvalue weighted by molar-refractivity contribution is 5.37. The molecule has 0 aromatic heterocycles. The fraction of sp³-hybridized carbons (Fsp3) is 0.500. The summed E-state index contributed by atoms with van der Waals surface area (Å²) in [6.45, 7) is 4.04. The van der Waals surface area contributed by atoms with Crippen LogP contribution in [0.15, 0.2) is 18.2 Å². The molecule has 0 aliphatic carbocycles. The lowest BCUT2D eigenvalue weighted by Crippen LogP contribution is -2.33. The highest BCUT2D eigenvalue weighted by atomic mass is 16.5. The van der Waals surface area contributed by atoms with Crippen LogP contribution in [0.2, 0.25) is 0 Å². The highest BCUT2D eigenvalue weighted by Crippen LogP contribution is 2.23. The van der Waals surface area contributed by atoms with Gasteiger partial charge >= 0.3 is 0 Å². The molecule has 1 aromatic carbocycles. The van der Waals surface area contributed by atoms with Crippen LogP contribution >= 0.6 is 0 Å². The summed E-state index contributed by atoms with van der Waals surface area (Å²) in [6.07, 6.45) is 0. The van der Waals surface area contributed by atoms with Crippen molar-refractivity contribution in [3.05, 3.63) is 29.3 Å². The Labute approximate surface area is 91.6 Å². The highest BCUT2D eigenvalue weighted by Gasteiger charge is 2.14. The van der Waals surface area contributed by atoms with Crippen LogP contribution in [0.4, 0.5) is 0 Å². The molecule has 0 aliphatic rings. The van der Waals surface area contributed by atoms with Crippen LogP contribution in [0.5, 0.6) is 5.75 Å².